The topological polar surface area (TPSA) is 25.4 Å². The molecule has 0 spiro atoms. The molecule has 13 heavy (non-hydrogen) atoms. The Morgan fingerprint density at radius 1 is 1.62 bits per heavy atom. The van der Waals surface area contributed by atoms with Crippen molar-refractivity contribution in [3.8, 4) is 0 Å². The van der Waals surface area contributed by atoms with E-state index in [1.807, 2.05) is 6.20 Å². The third kappa shape index (κ3) is 1.84. The molecule has 0 amide bonds. The zero-order chi connectivity index (χ0) is 9.26. The molecule has 0 radical (unpaired) electrons. The highest BCUT2D eigenvalue weighted by Gasteiger charge is 2.13. The number of aryl methyl sites for hydroxylation is 1. The van der Waals surface area contributed by atoms with Crippen molar-refractivity contribution in [3.63, 3.8) is 0 Å². The second-order valence-electron chi connectivity index (χ2n) is 3.09. The summed E-state index contributed by atoms with van der Waals surface area (Å²) in [6, 6.07) is 2.07. The lowest BCUT2D eigenvalue weighted by atomic mass is 10.3. The second kappa shape index (κ2) is 3.64. The lowest BCUT2D eigenvalue weighted by Crippen LogP contribution is -2.19. The Labute approximate surface area is 85.8 Å². The summed E-state index contributed by atoms with van der Waals surface area (Å²) < 4.78 is 6.31. The standard InChI is InChI=1S/C9H11BrN2O/c1-7-4-9(11-5-8(7)10)12-2-3-13-6-12/h4-5H,2-3,6H2,1H3. The highest BCUT2D eigenvalue weighted by atomic mass is 79.9. The smallest absolute Gasteiger partial charge is 0.130 e. The Hall–Kier alpha value is -0.610. The van der Waals surface area contributed by atoms with E-state index in [-0.39, 0.29) is 0 Å². The molecule has 1 aromatic rings. The molecule has 0 N–H and O–H groups in total. The van der Waals surface area contributed by atoms with Crippen LogP contribution >= 0.6 is 15.9 Å². The highest BCUT2D eigenvalue weighted by molar-refractivity contribution is 9.10. The van der Waals surface area contributed by atoms with Crippen molar-refractivity contribution < 1.29 is 4.74 Å². The van der Waals surface area contributed by atoms with Gasteiger partial charge < -0.3 is 9.64 Å². The van der Waals surface area contributed by atoms with Crippen LogP contribution in [0.25, 0.3) is 0 Å². The molecule has 1 aromatic heterocycles. The SMILES string of the molecule is Cc1cc(N2CCOC2)ncc1Br. The van der Waals surface area contributed by atoms with Gasteiger partial charge in [-0.05, 0) is 34.5 Å². The molecule has 4 heteroatoms. The molecule has 1 saturated heterocycles. The molecule has 0 aliphatic carbocycles. The zero-order valence-corrected chi connectivity index (χ0v) is 9.04. The van der Waals surface area contributed by atoms with E-state index in [1.165, 1.54) is 5.56 Å². The van der Waals surface area contributed by atoms with Gasteiger partial charge in [0.1, 0.15) is 12.5 Å². The van der Waals surface area contributed by atoms with Crippen molar-refractivity contribution >= 4 is 21.7 Å². The van der Waals surface area contributed by atoms with E-state index in [9.17, 15) is 0 Å². The van der Waals surface area contributed by atoms with Crippen LogP contribution in [0.15, 0.2) is 16.7 Å². The van der Waals surface area contributed by atoms with Crippen LogP contribution < -0.4 is 4.90 Å². The van der Waals surface area contributed by atoms with Crippen molar-refractivity contribution in [2.24, 2.45) is 0 Å². The molecule has 2 rings (SSSR count). The van der Waals surface area contributed by atoms with E-state index in [4.69, 9.17) is 4.74 Å². The number of rotatable bonds is 1. The van der Waals surface area contributed by atoms with Crippen LogP contribution in [0, 0.1) is 6.92 Å². The van der Waals surface area contributed by atoms with E-state index in [2.05, 4.69) is 38.8 Å². The van der Waals surface area contributed by atoms with E-state index in [0.717, 1.165) is 23.4 Å². The summed E-state index contributed by atoms with van der Waals surface area (Å²) in [6.07, 6.45) is 1.84. The maximum atomic E-state index is 5.26. The fraction of sp³-hybridized carbons (Fsp3) is 0.444. The third-order valence-corrected chi connectivity index (χ3v) is 2.94. The molecular weight excluding hydrogens is 232 g/mol. The molecule has 0 saturated carbocycles. The highest BCUT2D eigenvalue weighted by Crippen LogP contribution is 2.20. The number of nitrogens with zero attached hydrogens (tertiary/aromatic N) is 2. The first-order valence-electron chi connectivity index (χ1n) is 4.22. The summed E-state index contributed by atoms with van der Waals surface area (Å²) >= 11 is 3.43. The van der Waals surface area contributed by atoms with Crippen LogP contribution in [0.4, 0.5) is 5.82 Å². The van der Waals surface area contributed by atoms with Crippen molar-refractivity contribution in [2.45, 2.75) is 6.92 Å². The van der Waals surface area contributed by atoms with Gasteiger partial charge in [0.15, 0.2) is 0 Å². The Balaban J connectivity index is 2.25. The predicted molar refractivity (Wildman–Crippen MR) is 54.8 cm³/mol. The first-order valence-corrected chi connectivity index (χ1v) is 5.01. The number of aromatic nitrogens is 1. The van der Waals surface area contributed by atoms with Gasteiger partial charge in [-0.25, -0.2) is 4.98 Å². The average molecular weight is 243 g/mol. The van der Waals surface area contributed by atoms with E-state index >= 15 is 0 Å². The molecule has 1 fully saturated rings. The monoisotopic (exact) mass is 242 g/mol. The van der Waals surface area contributed by atoms with E-state index in [1.54, 1.807) is 0 Å². The molecule has 0 atom stereocenters. The maximum Gasteiger partial charge on any atom is 0.130 e. The molecule has 0 unspecified atom stereocenters. The van der Waals surface area contributed by atoms with Crippen LogP contribution in [0.2, 0.25) is 0 Å². The van der Waals surface area contributed by atoms with Gasteiger partial charge in [-0.2, -0.15) is 0 Å². The Kier molecular flexibility index (Phi) is 2.51. The molecule has 0 aromatic carbocycles. The molecule has 1 aliphatic heterocycles. The van der Waals surface area contributed by atoms with Crippen molar-refractivity contribution in [1.29, 1.82) is 0 Å². The summed E-state index contributed by atoms with van der Waals surface area (Å²) in [5.41, 5.74) is 1.21. The second-order valence-corrected chi connectivity index (χ2v) is 3.95. The van der Waals surface area contributed by atoms with Crippen LogP contribution in [0.3, 0.4) is 0 Å². The molecule has 2 heterocycles. The minimum absolute atomic E-state index is 0.661. The lowest BCUT2D eigenvalue weighted by molar-refractivity contribution is 0.201. The summed E-state index contributed by atoms with van der Waals surface area (Å²) in [5.74, 6) is 0.998. The van der Waals surface area contributed by atoms with Crippen LogP contribution in [0.5, 0.6) is 0 Å². The fourth-order valence-corrected chi connectivity index (χ4v) is 1.51. The maximum absolute atomic E-state index is 5.26. The Morgan fingerprint density at radius 2 is 2.46 bits per heavy atom. The number of pyridine rings is 1. The van der Waals surface area contributed by atoms with Gasteiger partial charge in [0.25, 0.3) is 0 Å². The molecule has 0 bridgehead atoms. The number of anilines is 1. The van der Waals surface area contributed by atoms with E-state index in [0.29, 0.717) is 6.73 Å². The number of halogens is 1. The van der Waals surface area contributed by atoms with Crippen LogP contribution in [-0.2, 0) is 4.74 Å². The summed E-state index contributed by atoms with van der Waals surface area (Å²) in [4.78, 5) is 6.44. The van der Waals surface area contributed by atoms with Crippen molar-refractivity contribution in [1.82, 2.24) is 4.98 Å². The predicted octanol–water partition coefficient (Wildman–Crippen LogP) is 1.95. The zero-order valence-electron chi connectivity index (χ0n) is 7.46. The van der Waals surface area contributed by atoms with Gasteiger partial charge in [-0.15, -0.1) is 0 Å². The lowest BCUT2D eigenvalue weighted by Gasteiger charge is -2.14. The van der Waals surface area contributed by atoms with Gasteiger partial charge >= 0.3 is 0 Å². The molecule has 1 aliphatic rings. The number of ether oxygens (including phenoxy) is 1. The van der Waals surface area contributed by atoms with Gasteiger partial charge in [-0.3, -0.25) is 0 Å². The minimum atomic E-state index is 0.661. The van der Waals surface area contributed by atoms with Crippen molar-refractivity contribution in [2.75, 3.05) is 24.8 Å². The Morgan fingerprint density at radius 3 is 3.08 bits per heavy atom. The summed E-state index contributed by atoms with van der Waals surface area (Å²) in [5, 5.41) is 0. The van der Waals surface area contributed by atoms with E-state index < -0.39 is 0 Å². The van der Waals surface area contributed by atoms with Gasteiger partial charge in [0, 0.05) is 17.2 Å². The first-order chi connectivity index (χ1) is 6.27. The van der Waals surface area contributed by atoms with Crippen LogP contribution in [0.1, 0.15) is 5.56 Å². The normalized spacial score (nSPS) is 16.6. The average Bonchev–Trinajstić information content (AvgIpc) is 2.62. The fourth-order valence-electron chi connectivity index (χ4n) is 1.29. The minimum Gasteiger partial charge on any atom is -0.359 e. The summed E-state index contributed by atoms with van der Waals surface area (Å²) in [6.45, 7) is 4.46. The van der Waals surface area contributed by atoms with Gasteiger partial charge in [0.2, 0.25) is 0 Å². The Bertz CT molecular complexity index is 310. The first kappa shape index (κ1) is 8.97. The molecular formula is C9H11BrN2O. The molecule has 70 valence electrons. The number of hydrogen-bond donors (Lipinski definition) is 0. The largest absolute Gasteiger partial charge is 0.359 e. The van der Waals surface area contributed by atoms with Crippen molar-refractivity contribution in [3.05, 3.63) is 22.3 Å². The summed E-state index contributed by atoms with van der Waals surface area (Å²) in [7, 11) is 0. The number of hydrogen-bond acceptors (Lipinski definition) is 3. The molecule has 3 nitrogen and oxygen atoms in total. The van der Waals surface area contributed by atoms with Gasteiger partial charge in [-0.1, -0.05) is 0 Å². The van der Waals surface area contributed by atoms with Gasteiger partial charge in [0.05, 0.1) is 6.61 Å². The third-order valence-electron chi connectivity index (χ3n) is 2.11. The van der Waals surface area contributed by atoms with Crippen LogP contribution in [-0.4, -0.2) is 24.9 Å². The quantitative estimate of drug-likeness (QED) is 0.753.